The molecule has 5 heteroatoms. The van der Waals surface area contributed by atoms with Gasteiger partial charge in [-0.15, -0.1) is 11.3 Å². The van der Waals surface area contributed by atoms with Gasteiger partial charge in [0, 0.05) is 18.8 Å². The van der Waals surface area contributed by atoms with Crippen LogP contribution >= 0.6 is 11.3 Å². The Kier molecular flexibility index (Phi) is 2.82. The van der Waals surface area contributed by atoms with E-state index in [2.05, 4.69) is 10.4 Å². The van der Waals surface area contributed by atoms with E-state index < -0.39 is 0 Å². The Bertz CT molecular complexity index is 447. The van der Waals surface area contributed by atoms with Crippen LogP contribution in [0.2, 0.25) is 0 Å². The van der Waals surface area contributed by atoms with Crippen molar-refractivity contribution in [1.29, 1.82) is 0 Å². The molecule has 2 heterocycles. The SMILES string of the molecule is CCn1ccc(NC(=O)c2cccs2)n1. The van der Waals surface area contributed by atoms with Crippen molar-refractivity contribution in [3.05, 3.63) is 34.7 Å². The maximum absolute atomic E-state index is 11.6. The average Bonchev–Trinajstić information content (AvgIpc) is 2.87. The molecule has 0 spiro atoms. The molecule has 0 aliphatic carbocycles. The summed E-state index contributed by atoms with van der Waals surface area (Å²) in [6.45, 7) is 2.80. The van der Waals surface area contributed by atoms with Crippen LogP contribution in [-0.2, 0) is 6.54 Å². The van der Waals surface area contributed by atoms with E-state index in [4.69, 9.17) is 0 Å². The monoisotopic (exact) mass is 221 g/mol. The Morgan fingerprint density at radius 2 is 2.47 bits per heavy atom. The molecule has 0 fully saturated rings. The summed E-state index contributed by atoms with van der Waals surface area (Å²) in [6.07, 6.45) is 1.84. The molecule has 0 saturated carbocycles. The second kappa shape index (κ2) is 4.27. The number of carbonyl (C=O) groups excluding carboxylic acids is 1. The first-order valence-electron chi connectivity index (χ1n) is 4.68. The first-order valence-corrected chi connectivity index (χ1v) is 5.56. The summed E-state index contributed by atoms with van der Waals surface area (Å²) in [4.78, 5) is 12.3. The highest BCUT2D eigenvalue weighted by molar-refractivity contribution is 7.12. The quantitative estimate of drug-likeness (QED) is 0.863. The smallest absolute Gasteiger partial charge is 0.266 e. The number of amides is 1. The van der Waals surface area contributed by atoms with Gasteiger partial charge in [0.2, 0.25) is 0 Å². The van der Waals surface area contributed by atoms with Crippen molar-refractivity contribution in [2.45, 2.75) is 13.5 Å². The number of rotatable bonds is 3. The Morgan fingerprint density at radius 3 is 3.07 bits per heavy atom. The van der Waals surface area contributed by atoms with Gasteiger partial charge in [-0.3, -0.25) is 9.48 Å². The van der Waals surface area contributed by atoms with Crippen molar-refractivity contribution >= 4 is 23.1 Å². The number of thiophene rings is 1. The van der Waals surface area contributed by atoms with E-state index >= 15 is 0 Å². The molecular formula is C10H11N3OS. The van der Waals surface area contributed by atoms with E-state index in [0.717, 1.165) is 6.54 Å². The zero-order valence-corrected chi connectivity index (χ0v) is 9.12. The van der Waals surface area contributed by atoms with Crippen LogP contribution in [0.3, 0.4) is 0 Å². The van der Waals surface area contributed by atoms with Crippen LogP contribution in [0.15, 0.2) is 29.8 Å². The van der Waals surface area contributed by atoms with Crippen LogP contribution < -0.4 is 5.32 Å². The highest BCUT2D eigenvalue weighted by Gasteiger charge is 2.07. The molecular weight excluding hydrogens is 210 g/mol. The standard InChI is InChI=1S/C10H11N3OS/c1-2-13-6-5-9(12-13)11-10(14)8-4-3-7-15-8/h3-7H,2H2,1H3,(H,11,12,14). The molecule has 0 atom stereocenters. The van der Waals surface area contributed by atoms with E-state index in [1.54, 1.807) is 16.8 Å². The highest BCUT2D eigenvalue weighted by Crippen LogP contribution is 2.11. The molecule has 0 aliphatic rings. The summed E-state index contributed by atoms with van der Waals surface area (Å²) >= 11 is 1.42. The fourth-order valence-corrected chi connectivity index (χ4v) is 1.81. The molecule has 2 rings (SSSR count). The average molecular weight is 221 g/mol. The lowest BCUT2D eigenvalue weighted by Gasteiger charge is -1.98. The molecule has 78 valence electrons. The molecule has 2 aromatic rings. The zero-order chi connectivity index (χ0) is 10.7. The highest BCUT2D eigenvalue weighted by atomic mass is 32.1. The van der Waals surface area contributed by atoms with Crippen molar-refractivity contribution in [3.63, 3.8) is 0 Å². The minimum atomic E-state index is -0.105. The van der Waals surface area contributed by atoms with Crippen LogP contribution in [0.4, 0.5) is 5.82 Å². The first-order chi connectivity index (χ1) is 7.29. The maximum atomic E-state index is 11.6. The number of aromatic nitrogens is 2. The van der Waals surface area contributed by atoms with Crippen LogP contribution in [0, 0.1) is 0 Å². The van der Waals surface area contributed by atoms with Crippen molar-refractivity contribution in [2.75, 3.05) is 5.32 Å². The van der Waals surface area contributed by atoms with Crippen molar-refractivity contribution in [2.24, 2.45) is 0 Å². The zero-order valence-electron chi connectivity index (χ0n) is 8.30. The second-order valence-electron chi connectivity index (χ2n) is 2.99. The molecule has 2 aromatic heterocycles. The van der Waals surface area contributed by atoms with Gasteiger partial charge >= 0.3 is 0 Å². The van der Waals surface area contributed by atoms with Gasteiger partial charge in [0.15, 0.2) is 5.82 Å². The molecule has 1 N–H and O–H groups in total. The number of hydrogen-bond donors (Lipinski definition) is 1. The lowest BCUT2D eigenvalue weighted by molar-refractivity contribution is 0.103. The van der Waals surface area contributed by atoms with E-state index in [1.807, 2.05) is 24.6 Å². The number of carbonyl (C=O) groups is 1. The third-order valence-corrected chi connectivity index (χ3v) is 2.82. The Labute approximate surface area is 91.5 Å². The number of hydrogen-bond acceptors (Lipinski definition) is 3. The van der Waals surface area contributed by atoms with Crippen LogP contribution in [0.1, 0.15) is 16.6 Å². The van der Waals surface area contributed by atoms with Crippen molar-refractivity contribution in [1.82, 2.24) is 9.78 Å². The summed E-state index contributed by atoms with van der Waals surface area (Å²) in [6, 6.07) is 5.43. The lowest BCUT2D eigenvalue weighted by atomic mass is 10.4. The lowest BCUT2D eigenvalue weighted by Crippen LogP contribution is -2.10. The molecule has 0 bridgehead atoms. The molecule has 0 unspecified atom stereocenters. The van der Waals surface area contributed by atoms with Crippen molar-refractivity contribution in [3.8, 4) is 0 Å². The van der Waals surface area contributed by atoms with Gasteiger partial charge in [0.25, 0.3) is 5.91 Å². The minimum Gasteiger partial charge on any atom is -0.304 e. The molecule has 4 nitrogen and oxygen atoms in total. The fraction of sp³-hybridized carbons (Fsp3) is 0.200. The molecule has 15 heavy (non-hydrogen) atoms. The molecule has 0 aliphatic heterocycles. The van der Waals surface area contributed by atoms with Gasteiger partial charge in [-0.25, -0.2) is 0 Å². The predicted molar refractivity (Wildman–Crippen MR) is 60.2 cm³/mol. The molecule has 0 aromatic carbocycles. The number of aryl methyl sites for hydroxylation is 1. The summed E-state index contributed by atoms with van der Waals surface area (Å²) in [7, 11) is 0. The van der Waals surface area contributed by atoms with Gasteiger partial charge in [-0.1, -0.05) is 6.07 Å². The summed E-state index contributed by atoms with van der Waals surface area (Å²) in [5, 5.41) is 8.78. The Balaban J connectivity index is 2.06. The van der Waals surface area contributed by atoms with Gasteiger partial charge in [-0.05, 0) is 18.4 Å². The Hall–Kier alpha value is -1.62. The Morgan fingerprint density at radius 1 is 1.60 bits per heavy atom. The van der Waals surface area contributed by atoms with Gasteiger partial charge < -0.3 is 5.32 Å². The van der Waals surface area contributed by atoms with Crippen LogP contribution in [-0.4, -0.2) is 15.7 Å². The maximum Gasteiger partial charge on any atom is 0.266 e. The van der Waals surface area contributed by atoms with Crippen molar-refractivity contribution < 1.29 is 4.79 Å². The number of anilines is 1. The molecule has 1 amide bonds. The normalized spacial score (nSPS) is 10.2. The van der Waals surface area contributed by atoms with E-state index in [0.29, 0.717) is 10.7 Å². The summed E-state index contributed by atoms with van der Waals surface area (Å²) in [5.74, 6) is 0.488. The van der Waals surface area contributed by atoms with Gasteiger partial charge in [0.05, 0.1) is 4.88 Å². The molecule has 0 saturated heterocycles. The third-order valence-electron chi connectivity index (χ3n) is 1.95. The van der Waals surface area contributed by atoms with Crippen LogP contribution in [0.5, 0.6) is 0 Å². The second-order valence-corrected chi connectivity index (χ2v) is 3.94. The minimum absolute atomic E-state index is 0.105. The predicted octanol–water partition coefficient (Wildman–Crippen LogP) is 2.22. The fourth-order valence-electron chi connectivity index (χ4n) is 1.19. The first kappa shape index (κ1) is 9.92. The van der Waals surface area contributed by atoms with E-state index in [-0.39, 0.29) is 5.91 Å². The largest absolute Gasteiger partial charge is 0.304 e. The van der Waals surface area contributed by atoms with Gasteiger partial charge in [-0.2, -0.15) is 5.10 Å². The topological polar surface area (TPSA) is 46.9 Å². The number of nitrogens with zero attached hydrogens (tertiary/aromatic N) is 2. The van der Waals surface area contributed by atoms with E-state index in [9.17, 15) is 4.79 Å². The number of nitrogens with one attached hydrogen (secondary N) is 1. The summed E-state index contributed by atoms with van der Waals surface area (Å²) < 4.78 is 1.77. The molecule has 0 radical (unpaired) electrons. The van der Waals surface area contributed by atoms with Crippen LogP contribution in [0.25, 0.3) is 0 Å². The third kappa shape index (κ3) is 2.24. The van der Waals surface area contributed by atoms with Gasteiger partial charge in [0.1, 0.15) is 0 Å². The van der Waals surface area contributed by atoms with E-state index in [1.165, 1.54) is 11.3 Å². The summed E-state index contributed by atoms with van der Waals surface area (Å²) in [5.41, 5.74) is 0.